The Kier molecular flexibility index (Phi) is 7.20. The number of carboxylic acid groups (broad SMARTS) is 1. The van der Waals surface area contributed by atoms with E-state index in [9.17, 15) is 4.79 Å². The molecule has 0 bridgehead atoms. The van der Waals surface area contributed by atoms with E-state index >= 15 is 0 Å². The lowest BCUT2D eigenvalue weighted by atomic mass is 10.3. The minimum Gasteiger partial charge on any atom is -0.480 e. The first-order chi connectivity index (χ1) is 7.49. The molecule has 1 aliphatic rings. The topological polar surface area (TPSA) is 56.1 Å². The highest BCUT2D eigenvalue weighted by Crippen LogP contribution is 1.90. The van der Waals surface area contributed by atoms with Crippen LogP contribution in [0, 0.1) is 0 Å². The van der Waals surface area contributed by atoms with Crippen molar-refractivity contribution in [3.63, 3.8) is 0 Å². The number of carboxylic acids is 1. The van der Waals surface area contributed by atoms with Gasteiger partial charge < -0.3 is 10.0 Å². The van der Waals surface area contributed by atoms with Crippen molar-refractivity contribution in [1.82, 2.24) is 9.80 Å². The quantitative estimate of drug-likeness (QED) is 0.712. The largest absolute Gasteiger partial charge is 0.480 e. The molecule has 0 aromatic heterocycles. The maximum atomic E-state index is 10.1. The van der Waals surface area contributed by atoms with E-state index in [1.165, 1.54) is 0 Å². The van der Waals surface area contributed by atoms with Crippen LogP contribution in [0.1, 0.15) is 6.92 Å². The average molecular weight is 227 g/mol. The number of nitrogens with zero attached hydrogens (tertiary/aromatic N) is 3. The summed E-state index contributed by atoms with van der Waals surface area (Å²) < 4.78 is 0. The van der Waals surface area contributed by atoms with Gasteiger partial charge in [-0.25, -0.2) is 0 Å². The van der Waals surface area contributed by atoms with Gasteiger partial charge in [-0.3, -0.25) is 14.7 Å². The molecule has 0 aromatic carbocycles. The monoisotopic (exact) mass is 227 g/mol. The van der Waals surface area contributed by atoms with E-state index in [0.29, 0.717) is 0 Å². The Morgan fingerprint density at radius 2 is 2.38 bits per heavy atom. The van der Waals surface area contributed by atoms with E-state index in [0.717, 1.165) is 19.6 Å². The summed E-state index contributed by atoms with van der Waals surface area (Å²) in [6.07, 6.45) is 3.76. The molecule has 0 saturated heterocycles. The lowest BCUT2D eigenvalue weighted by Crippen LogP contribution is -2.32. The molecule has 5 heteroatoms. The smallest absolute Gasteiger partial charge is 0.320 e. The summed E-state index contributed by atoms with van der Waals surface area (Å²) in [4.78, 5) is 17.9. The third-order valence-electron chi connectivity index (χ3n) is 2.26. The fraction of sp³-hybridized carbons (Fsp3) is 0.636. The molecule has 1 aliphatic heterocycles. The fourth-order valence-corrected chi connectivity index (χ4v) is 0.942. The van der Waals surface area contributed by atoms with Crippen LogP contribution < -0.4 is 0 Å². The third-order valence-corrected chi connectivity index (χ3v) is 2.26. The van der Waals surface area contributed by atoms with Gasteiger partial charge in [-0.15, -0.1) is 6.58 Å². The van der Waals surface area contributed by atoms with Gasteiger partial charge in [0.1, 0.15) is 6.04 Å². The Bertz CT molecular complexity index is 252. The van der Waals surface area contributed by atoms with Gasteiger partial charge in [0.2, 0.25) is 0 Å². The first kappa shape index (κ1) is 14.6. The summed E-state index contributed by atoms with van der Waals surface area (Å²) in [5.74, 6) is -0.782. The molecule has 0 spiro atoms. The van der Waals surface area contributed by atoms with Gasteiger partial charge in [-0.2, -0.15) is 0 Å². The zero-order chi connectivity index (χ0) is 12.6. The van der Waals surface area contributed by atoms with Gasteiger partial charge in [0.15, 0.2) is 0 Å². The molecular formula is C11H21N3O2. The second-order valence-corrected chi connectivity index (χ2v) is 3.78. The molecule has 5 nitrogen and oxygen atoms in total. The van der Waals surface area contributed by atoms with Crippen molar-refractivity contribution in [2.75, 3.05) is 33.7 Å². The zero-order valence-corrected chi connectivity index (χ0v) is 10.3. The van der Waals surface area contributed by atoms with Crippen LogP contribution in [0.5, 0.6) is 0 Å². The van der Waals surface area contributed by atoms with Gasteiger partial charge in [-0.05, 0) is 21.0 Å². The maximum absolute atomic E-state index is 10.1. The molecule has 1 heterocycles. The van der Waals surface area contributed by atoms with E-state index in [2.05, 4.69) is 16.5 Å². The van der Waals surface area contributed by atoms with Crippen molar-refractivity contribution in [2.45, 2.75) is 13.0 Å². The van der Waals surface area contributed by atoms with Gasteiger partial charge in [0.05, 0.1) is 12.9 Å². The first-order valence-corrected chi connectivity index (χ1v) is 5.23. The molecule has 0 fully saturated rings. The summed E-state index contributed by atoms with van der Waals surface area (Å²) in [7, 11) is 3.47. The number of rotatable bonds is 4. The van der Waals surface area contributed by atoms with E-state index < -0.39 is 5.97 Å². The molecule has 0 amide bonds. The van der Waals surface area contributed by atoms with Crippen molar-refractivity contribution in [3.8, 4) is 0 Å². The van der Waals surface area contributed by atoms with E-state index in [1.54, 1.807) is 25.9 Å². The fourth-order valence-electron chi connectivity index (χ4n) is 0.942. The second-order valence-electron chi connectivity index (χ2n) is 3.78. The number of hydrogen-bond acceptors (Lipinski definition) is 4. The highest BCUT2D eigenvalue weighted by Gasteiger charge is 2.11. The van der Waals surface area contributed by atoms with Crippen LogP contribution in [0.25, 0.3) is 0 Å². The molecule has 1 unspecified atom stereocenters. The normalized spacial score (nSPS) is 15.6. The summed E-state index contributed by atoms with van der Waals surface area (Å²) in [5.41, 5.74) is 0. The molecule has 1 rings (SSSR count). The molecule has 1 N–H and O–H groups in total. The summed E-state index contributed by atoms with van der Waals surface area (Å²) >= 11 is 0. The Hall–Kier alpha value is -1.36. The Morgan fingerprint density at radius 3 is 2.62 bits per heavy atom. The first-order valence-electron chi connectivity index (χ1n) is 5.23. The average Bonchev–Trinajstić information content (AvgIpc) is 2.70. The van der Waals surface area contributed by atoms with Crippen molar-refractivity contribution in [2.24, 2.45) is 4.99 Å². The molecular weight excluding hydrogens is 206 g/mol. The van der Waals surface area contributed by atoms with Crippen molar-refractivity contribution in [1.29, 1.82) is 0 Å². The van der Waals surface area contributed by atoms with E-state index in [1.807, 2.05) is 12.4 Å². The van der Waals surface area contributed by atoms with E-state index in [-0.39, 0.29) is 6.04 Å². The Balaban J connectivity index is 0.000000281. The SMILES string of the molecule is C=CCN1C=NCC1.CC(C(=O)O)N(C)C. The number of hydrogen-bond donors (Lipinski definition) is 1. The van der Waals surface area contributed by atoms with Crippen LogP contribution in [0.3, 0.4) is 0 Å². The van der Waals surface area contributed by atoms with Gasteiger partial charge in [-0.1, -0.05) is 6.08 Å². The predicted octanol–water partition coefficient (Wildman–Crippen LogP) is 0.537. The Morgan fingerprint density at radius 1 is 1.75 bits per heavy atom. The molecule has 0 aliphatic carbocycles. The highest BCUT2D eigenvalue weighted by atomic mass is 16.4. The predicted molar refractivity (Wildman–Crippen MR) is 65.9 cm³/mol. The zero-order valence-electron chi connectivity index (χ0n) is 10.3. The standard InChI is InChI=1S/C6H10N2.C5H11NO2/c1-2-4-8-5-3-7-6-8;1-4(5(7)8)6(2)3/h2,6H,1,3-5H2;4H,1-3H3,(H,7,8). The van der Waals surface area contributed by atoms with Crippen LogP contribution in [0.2, 0.25) is 0 Å². The number of likely N-dealkylation sites (N-methyl/N-ethyl adjacent to an activating group) is 1. The molecule has 16 heavy (non-hydrogen) atoms. The maximum Gasteiger partial charge on any atom is 0.320 e. The number of aliphatic imine (C=N–C) groups is 1. The van der Waals surface area contributed by atoms with Crippen LogP contribution in [-0.4, -0.2) is 67.0 Å². The van der Waals surface area contributed by atoms with Crippen molar-refractivity contribution in [3.05, 3.63) is 12.7 Å². The van der Waals surface area contributed by atoms with Gasteiger partial charge in [0.25, 0.3) is 0 Å². The lowest BCUT2D eigenvalue weighted by molar-refractivity contribution is -0.141. The minimum atomic E-state index is -0.782. The highest BCUT2D eigenvalue weighted by molar-refractivity contribution is 5.72. The van der Waals surface area contributed by atoms with Gasteiger partial charge >= 0.3 is 5.97 Å². The second kappa shape index (κ2) is 7.87. The number of aliphatic carboxylic acids is 1. The number of carbonyl (C=O) groups is 1. The van der Waals surface area contributed by atoms with Crippen LogP contribution in [-0.2, 0) is 4.79 Å². The molecule has 92 valence electrons. The van der Waals surface area contributed by atoms with Crippen LogP contribution >= 0.6 is 0 Å². The van der Waals surface area contributed by atoms with Crippen molar-refractivity contribution < 1.29 is 9.90 Å². The van der Waals surface area contributed by atoms with Crippen LogP contribution in [0.4, 0.5) is 0 Å². The Labute approximate surface area is 97.1 Å². The summed E-state index contributed by atoms with van der Waals surface area (Å²) in [6.45, 7) is 8.21. The minimum absolute atomic E-state index is 0.380. The molecule has 0 radical (unpaired) electrons. The van der Waals surface area contributed by atoms with Crippen LogP contribution in [0.15, 0.2) is 17.6 Å². The molecule has 0 aromatic rings. The summed E-state index contributed by atoms with van der Waals surface area (Å²) in [5, 5.41) is 8.31. The molecule has 1 atom stereocenters. The third kappa shape index (κ3) is 6.19. The van der Waals surface area contributed by atoms with Crippen molar-refractivity contribution >= 4 is 12.3 Å². The summed E-state index contributed by atoms with van der Waals surface area (Å²) in [6, 6.07) is -0.380. The molecule has 0 saturated carbocycles. The van der Waals surface area contributed by atoms with E-state index in [4.69, 9.17) is 5.11 Å². The lowest BCUT2D eigenvalue weighted by Gasteiger charge is -2.13. The van der Waals surface area contributed by atoms with Gasteiger partial charge in [0, 0.05) is 13.1 Å².